The van der Waals surface area contributed by atoms with E-state index in [-0.39, 0.29) is 36.5 Å². The van der Waals surface area contributed by atoms with E-state index in [1.807, 2.05) is 0 Å². The summed E-state index contributed by atoms with van der Waals surface area (Å²) in [5, 5.41) is 5.45. The first kappa shape index (κ1) is 25.3. The highest BCUT2D eigenvalue weighted by Gasteiger charge is 2.42. The molecule has 188 valence electrons. The van der Waals surface area contributed by atoms with E-state index in [1.165, 1.54) is 6.92 Å². The van der Waals surface area contributed by atoms with Crippen LogP contribution in [0.2, 0.25) is 0 Å². The number of ether oxygens (including phenoxy) is 1. The molecule has 0 fully saturated rings. The Morgan fingerprint density at radius 3 is 1.95 bits per heavy atom. The van der Waals surface area contributed by atoms with Crippen LogP contribution in [-0.4, -0.2) is 53.6 Å². The molecule has 1 heterocycles. The van der Waals surface area contributed by atoms with Gasteiger partial charge in [0.05, 0.1) is 11.1 Å². The Morgan fingerprint density at radius 2 is 1.35 bits per heavy atom. The topological polar surface area (TPSA) is 122 Å². The van der Waals surface area contributed by atoms with E-state index >= 15 is 0 Å². The Balaban J connectivity index is 1.47. The van der Waals surface area contributed by atoms with E-state index in [9.17, 15) is 24.0 Å². The largest absolute Gasteiger partial charge is 0.427 e. The molecule has 1 atom stereocenters. The molecule has 3 aromatic rings. The van der Waals surface area contributed by atoms with Crippen LogP contribution >= 0.6 is 0 Å². The first-order valence-electron chi connectivity index (χ1n) is 11.7. The molecule has 4 rings (SSSR count). The summed E-state index contributed by atoms with van der Waals surface area (Å²) >= 11 is 0. The Labute approximate surface area is 213 Å². The Hall–Kier alpha value is -4.79. The highest BCUT2D eigenvalue weighted by atomic mass is 16.5. The highest BCUT2D eigenvalue weighted by molar-refractivity contribution is 6.22. The van der Waals surface area contributed by atoms with Gasteiger partial charge in [0.2, 0.25) is 5.91 Å². The zero-order valence-electron chi connectivity index (χ0n) is 20.1. The molecule has 0 saturated heterocycles. The molecule has 0 aliphatic carbocycles. The van der Waals surface area contributed by atoms with Crippen molar-refractivity contribution in [2.24, 2.45) is 0 Å². The lowest BCUT2D eigenvalue weighted by molar-refractivity contribution is -0.131. The number of esters is 1. The molecule has 1 unspecified atom stereocenters. The van der Waals surface area contributed by atoms with Crippen LogP contribution in [0.5, 0.6) is 5.75 Å². The highest BCUT2D eigenvalue weighted by Crippen LogP contribution is 2.26. The average molecular weight is 500 g/mol. The Kier molecular flexibility index (Phi) is 7.73. The van der Waals surface area contributed by atoms with Crippen molar-refractivity contribution in [2.45, 2.75) is 19.4 Å². The van der Waals surface area contributed by atoms with Gasteiger partial charge in [-0.2, -0.15) is 0 Å². The van der Waals surface area contributed by atoms with Gasteiger partial charge in [-0.15, -0.1) is 0 Å². The number of hydrogen-bond acceptors (Lipinski definition) is 6. The summed E-state index contributed by atoms with van der Waals surface area (Å²) in [6.07, 6.45) is 0.0496. The van der Waals surface area contributed by atoms with E-state index in [0.717, 1.165) is 4.90 Å². The molecule has 0 aromatic heterocycles. The number of benzene rings is 3. The van der Waals surface area contributed by atoms with Gasteiger partial charge in [-0.1, -0.05) is 42.5 Å². The van der Waals surface area contributed by atoms with Crippen LogP contribution < -0.4 is 15.4 Å². The molecule has 0 radical (unpaired) electrons. The van der Waals surface area contributed by atoms with Gasteiger partial charge in [-0.25, -0.2) is 0 Å². The minimum Gasteiger partial charge on any atom is -0.427 e. The molecular formula is C28H25N3O6. The first-order chi connectivity index (χ1) is 17.8. The van der Waals surface area contributed by atoms with Gasteiger partial charge >= 0.3 is 5.97 Å². The Morgan fingerprint density at radius 1 is 0.784 bits per heavy atom. The third-order valence-electron chi connectivity index (χ3n) is 5.80. The van der Waals surface area contributed by atoms with Crippen molar-refractivity contribution in [1.82, 2.24) is 15.5 Å². The molecule has 9 heteroatoms. The van der Waals surface area contributed by atoms with Crippen molar-refractivity contribution >= 4 is 29.6 Å². The number of amides is 4. The average Bonchev–Trinajstić information content (AvgIpc) is 3.15. The summed E-state index contributed by atoms with van der Waals surface area (Å²) in [4.78, 5) is 63.9. The fourth-order valence-corrected chi connectivity index (χ4v) is 4.05. The van der Waals surface area contributed by atoms with Crippen molar-refractivity contribution in [3.63, 3.8) is 0 Å². The van der Waals surface area contributed by atoms with Crippen molar-refractivity contribution < 1.29 is 28.7 Å². The molecule has 1 aliphatic rings. The van der Waals surface area contributed by atoms with Crippen LogP contribution in [0.15, 0.2) is 78.9 Å². The van der Waals surface area contributed by atoms with Gasteiger partial charge in [-0.05, 0) is 42.0 Å². The first-order valence-corrected chi connectivity index (χ1v) is 11.7. The second-order valence-corrected chi connectivity index (χ2v) is 8.40. The maximum absolute atomic E-state index is 13.3. The Bertz CT molecular complexity index is 1300. The standard InChI is InChI=1S/C28H25N3O6/c1-18(32)37-21-13-11-19(12-14-21)17-24(31-27(35)22-9-5-6-10-23(22)28(31)36)26(34)30-16-15-29-25(33)20-7-3-2-4-8-20/h2-14,24H,15-17H2,1H3,(H,29,33)(H,30,34). The third kappa shape index (κ3) is 5.90. The lowest BCUT2D eigenvalue weighted by Crippen LogP contribution is -2.51. The molecule has 37 heavy (non-hydrogen) atoms. The normalized spacial score (nSPS) is 13.1. The molecule has 1 aliphatic heterocycles. The summed E-state index contributed by atoms with van der Waals surface area (Å²) in [5.41, 5.74) is 1.64. The summed E-state index contributed by atoms with van der Waals surface area (Å²) in [6, 6.07) is 20.4. The molecule has 0 spiro atoms. The summed E-state index contributed by atoms with van der Waals surface area (Å²) < 4.78 is 5.04. The van der Waals surface area contributed by atoms with Crippen LogP contribution in [0.4, 0.5) is 0 Å². The van der Waals surface area contributed by atoms with Gasteiger partial charge < -0.3 is 15.4 Å². The minimum atomic E-state index is -1.13. The number of nitrogens with one attached hydrogen (secondary N) is 2. The minimum absolute atomic E-state index is 0.0496. The second kappa shape index (κ2) is 11.3. The van der Waals surface area contributed by atoms with Gasteiger partial charge in [0, 0.05) is 32.0 Å². The maximum Gasteiger partial charge on any atom is 0.308 e. The van der Waals surface area contributed by atoms with Crippen molar-refractivity contribution in [3.8, 4) is 5.75 Å². The summed E-state index contributed by atoms with van der Waals surface area (Å²) in [5.74, 6) is -2.03. The van der Waals surface area contributed by atoms with Crippen molar-refractivity contribution in [1.29, 1.82) is 0 Å². The van der Waals surface area contributed by atoms with E-state index in [0.29, 0.717) is 16.9 Å². The van der Waals surface area contributed by atoms with Crippen LogP contribution in [0, 0.1) is 0 Å². The zero-order chi connectivity index (χ0) is 26.4. The van der Waals surface area contributed by atoms with Crippen LogP contribution in [0.3, 0.4) is 0 Å². The van der Waals surface area contributed by atoms with Crippen LogP contribution in [0.25, 0.3) is 0 Å². The van der Waals surface area contributed by atoms with E-state index < -0.39 is 29.7 Å². The fourth-order valence-electron chi connectivity index (χ4n) is 4.05. The zero-order valence-corrected chi connectivity index (χ0v) is 20.1. The fraction of sp³-hybridized carbons (Fsp3) is 0.179. The van der Waals surface area contributed by atoms with Gasteiger partial charge in [0.1, 0.15) is 11.8 Å². The van der Waals surface area contributed by atoms with E-state index in [2.05, 4.69) is 10.6 Å². The molecular weight excluding hydrogens is 474 g/mol. The SMILES string of the molecule is CC(=O)Oc1ccc(CC(C(=O)NCCNC(=O)c2ccccc2)N2C(=O)c3ccccc3C2=O)cc1. The van der Waals surface area contributed by atoms with Gasteiger partial charge in [-0.3, -0.25) is 28.9 Å². The maximum atomic E-state index is 13.3. The second-order valence-electron chi connectivity index (χ2n) is 8.40. The van der Waals surface area contributed by atoms with E-state index in [4.69, 9.17) is 4.74 Å². The lowest BCUT2D eigenvalue weighted by atomic mass is 10.0. The number of carbonyl (C=O) groups is 5. The van der Waals surface area contributed by atoms with Gasteiger partial charge in [0.25, 0.3) is 17.7 Å². The molecule has 9 nitrogen and oxygen atoms in total. The quantitative estimate of drug-likeness (QED) is 0.202. The number of hydrogen-bond donors (Lipinski definition) is 2. The monoisotopic (exact) mass is 499 g/mol. The van der Waals surface area contributed by atoms with Crippen LogP contribution in [-0.2, 0) is 16.0 Å². The molecule has 4 amide bonds. The van der Waals surface area contributed by atoms with Crippen molar-refractivity contribution in [2.75, 3.05) is 13.1 Å². The van der Waals surface area contributed by atoms with Crippen molar-refractivity contribution in [3.05, 3.63) is 101 Å². The number of fused-ring (bicyclic) bond motifs is 1. The number of rotatable bonds is 9. The number of carbonyl (C=O) groups excluding carboxylic acids is 5. The number of imide groups is 1. The number of nitrogens with zero attached hydrogens (tertiary/aromatic N) is 1. The van der Waals surface area contributed by atoms with Gasteiger partial charge in [0.15, 0.2) is 0 Å². The lowest BCUT2D eigenvalue weighted by Gasteiger charge is -2.25. The summed E-state index contributed by atoms with van der Waals surface area (Å²) in [6.45, 7) is 1.55. The smallest absolute Gasteiger partial charge is 0.308 e. The molecule has 0 saturated carbocycles. The third-order valence-corrected chi connectivity index (χ3v) is 5.80. The predicted molar refractivity (Wildman–Crippen MR) is 134 cm³/mol. The molecule has 0 bridgehead atoms. The van der Waals surface area contributed by atoms with Crippen LogP contribution in [0.1, 0.15) is 43.6 Å². The molecule has 2 N–H and O–H groups in total. The summed E-state index contributed by atoms with van der Waals surface area (Å²) in [7, 11) is 0. The molecule has 3 aromatic carbocycles. The predicted octanol–water partition coefficient (Wildman–Crippen LogP) is 2.37. The van der Waals surface area contributed by atoms with E-state index in [1.54, 1.807) is 78.9 Å².